The maximum absolute atomic E-state index is 4.11. The highest BCUT2D eigenvalue weighted by Gasteiger charge is 2.19. The molecule has 0 saturated heterocycles. The lowest BCUT2D eigenvalue weighted by atomic mass is 9.86. The Kier molecular flexibility index (Phi) is 4.99. The molecule has 0 saturated carbocycles. The van der Waals surface area contributed by atoms with Crippen LogP contribution in [0.2, 0.25) is 0 Å². The monoisotopic (exact) mass is 363 g/mol. The van der Waals surface area contributed by atoms with Crippen LogP contribution in [0, 0.1) is 6.92 Å². The van der Waals surface area contributed by atoms with Gasteiger partial charge in [0.1, 0.15) is 0 Å². The van der Waals surface area contributed by atoms with Gasteiger partial charge in [-0.25, -0.2) is 0 Å². The van der Waals surface area contributed by atoms with Crippen LogP contribution in [0.5, 0.6) is 0 Å². The summed E-state index contributed by atoms with van der Waals surface area (Å²) in [5, 5.41) is 3.60. The summed E-state index contributed by atoms with van der Waals surface area (Å²) in [6, 6.07) is 25.7. The zero-order valence-electron chi connectivity index (χ0n) is 16.5. The molecule has 1 N–H and O–H groups in total. The zero-order chi connectivity index (χ0) is 19.5. The number of benzene rings is 3. The molecule has 4 rings (SSSR count). The predicted octanol–water partition coefficient (Wildman–Crippen LogP) is 6.86. The van der Waals surface area contributed by atoms with E-state index in [1.54, 1.807) is 0 Å². The Hall–Kier alpha value is -3.32. The van der Waals surface area contributed by atoms with Crippen molar-refractivity contribution >= 4 is 16.8 Å². The third-order valence-electron chi connectivity index (χ3n) is 5.19. The van der Waals surface area contributed by atoms with Crippen LogP contribution in [-0.2, 0) is 0 Å². The summed E-state index contributed by atoms with van der Waals surface area (Å²) < 4.78 is 0. The molecule has 0 bridgehead atoms. The smallest absolute Gasteiger partial charge is 0.0458 e. The lowest BCUT2D eigenvalue weighted by Crippen LogP contribution is -2.11. The molecule has 0 aliphatic carbocycles. The fourth-order valence-corrected chi connectivity index (χ4v) is 3.89. The van der Waals surface area contributed by atoms with E-state index >= 15 is 0 Å². The molecule has 3 aromatic rings. The average Bonchev–Trinajstić information content (AvgIpc) is 2.73. The van der Waals surface area contributed by atoms with Crippen molar-refractivity contribution in [2.24, 2.45) is 0 Å². The van der Waals surface area contributed by atoms with Crippen molar-refractivity contribution in [2.75, 3.05) is 11.9 Å². The van der Waals surface area contributed by atoms with Crippen LogP contribution in [0.3, 0.4) is 0 Å². The van der Waals surface area contributed by atoms with Crippen molar-refractivity contribution in [1.29, 1.82) is 0 Å². The van der Waals surface area contributed by atoms with Gasteiger partial charge in [0.05, 0.1) is 0 Å². The third-order valence-corrected chi connectivity index (χ3v) is 5.19. The first-order chi connectivity index (χ1) is 13.6. The van der Waals surface area contributed by atoms with Crippen molar-refractivity contribution in [3.63, 3.8) is 0 Å². The molecule has 0 unspecified atom stereocenters. The summed E-state index contributed by atoms with van der Waals surface area (Å²) in [5.41, 5.74) is 11.0. The van der Waals surface area contributed by atoms with Gasteiger partial charge in [0, 0.05) is 17.8 Å². The fraction of sp³-hybridized carbons (Fsp3) is 0.111. The Morgan fingerprint density at radius 3 is 2.29 bits per heavy atom. The molecule has 0 spiro atoms. The molecule has 1 heteroatoms. The van der Waals surface area contributed by atoms with Gasteiger partial charge in [0.25, 0.3) is 0 Å². The fourth-order valence-electron chi connectivity index (χ4n) is 3.89. The number of hydrogen-bond acceptors (Lipinski definition) is 1. The van der Waals surface area contributed by atoms with Gasteiger partial charge >= 0.3 is 0 Å². The summed E-state index contributed by atoms with van der Waals surface area (Å²) in [5.74, 6) is 0. The molecule has 0 aromatic heterocycles. The summed E-state index contributed by atoms with van der Waals surface area (Å²) in [4.78, 5) is 0. The first-order valence-electron chi connectivity index (χ1n) is 9.71. The Morgan fingerprint density at radius 1 is 0.929 bits per heavy atom. The van der Waals surface area contributed by atoms with E-state index < -0.39 is 0 Å². The number of rotatable bonds is 4. The average molecular weight is 364 g/mol. The second-order valence-electron chi connectivity index (χ2n) is 7.30. The van der Waals surface area contributed by atoms with E-state index in [0.717, 1.165) is 12.1 Å². The standard InChI is InChI=1S/C27H25N/c1-19(2)18-26(22-12-8-5-9-13-22)23-14-15-25-24(21-10-6-4-7-11-21)16-17-28-27(25)20(23)3/h4-16,18,28H,1,17H2,2-3H3/b26-18-. The molecule has 1 aliphatic rings. The molecule has 0 radical (unpaired) electrons. The van der Waals surface area contributed by atoms with Crippen LogP contribution < -0.4 is 5.32 Å². The largest absolute Gasteiger partial charge is 0.381 e. The topological polar surface area (TPSA) is 12.0 Å². The minimum atomic E-state index is 0.840. The van der Waals surface area contributed by atoms with Crippen molar-refractivity contribution in [1.82, 2.24) is 0 Å². The zero-order valence-corrected chi connectivity index (χ0v) is 16.5. The minimum Gasteiger partial charge on any atom is -0.381 e. The number of anilines is 1. The molecular formula is C27H25N. The van der Waals surface area contributed by atoms with Crippen LogP contribution >= 0.6 is 0 Å². The van der Waals surface area contributed by atoms with Crippen LogP contribution in [0.1, 0.15) is 34.7 Å². The Labute approximate surface area is 167 Å². The van der Waals surface area contributed by atoms with Crippen LogP contribution in [0.25, 0.3) is 11.1 Å². The maximum atomic E-state index is 4.11. The maximum Gasteiger partial charge on any atom is 0.0458 e. The van der Waals surface area contributed by atoms with Gasteiger partial charge in [-0.1, -0.05) is 97.1 Å². The van der Waals surface area contributed by atoms with Crippen LogP contribution in [-0.4, -0.2) is 6.54 Å². The first-order valence-corrected chi connectivity index (χ1v) is 9.71. The van der Waals surface area contributed by atoms with E-state index in [0.29, 0.717) is 0 Å². The van der Waals surface area contributed by atoms with E-state index in [2.05, 4.69) is 104 Å². The van der Waals surface area contributed by atoms with Crippen molar-refractivity contribution in [2.45, 2.75) is 13.8 Å². The normalized spacial score (nSPS) is 13.4. The third kappa shape index (κ3) is 3.44. The number of nitrogens with one attached hydrogen (secondary N) is 1. The summed E-state index contributed by atoms with van der Waals surface area (Å²) in [6.45, 7) is 9.21. The highest BCUT2D eigenvalue weighted by molar-refractivity contribution is 5.93. The Morgan fingerprint density at radius 2 is 1.61 bits per heavy atom. The van der Waals surface area contributed by atoms with Gasteiger partial charge in [-0.2, -0.15) is 0 Å². The predicted molar refractivity (Wildman–Crippen MR) is 122 cm³/mol. The van der Waals surface area contributed by atoms with Crippen molar-refractivity contribution < 1.29 is 0 Å². The molecular weight excluding hydrogens is 338 g/mol. The lowest BCUT2D eigenvalue weighted by Gasteiger charge is -2.24. The summed E-state index contributed by atoms with van der Waals surface area (Å²) >= 11 is 0. The van der Waals surface area contributed by atoms with E-state index in [9.17, 15) is 0 Å². The van der Waals surface area contributed by atoms with Gasteiger partial charge in [-0.05, 0) is 47.2 Å². The van der Waals surface area contributed by atoms with Crippen molar-refractivity contribution in [3.05, 3.63) is 125 Å². The molecule has 1 nitrogen and oxygen atoms in total. The SMILES string of the molecule is C=C(C)/C=C(/c1ccccc1)c1ccc2c(c1C)NCC=C2c1ccccc1. The van der Waals surface area contributed by atoms with Crippen molar-refractivity contribution in [3.8, 4) is 0 Å². The van der Waals surface area contributed by atoms with Gasteiger partial charge in [-0.15, -0.1) is 0 Å². The molecule has 138 valence electrons. The second kappa shape index (κ2) is 7.74. The molecule has 0 amide bonds. The van der Waals surface area contributed by atoms with E-state index in [1.165, 1.54) is 44.7 Å². The Bertz CT molecular complexity index is 1070. The molecule has 28 heavy (non-hydrogen) atoms. The minimum absolute atomic E-state index is 0.840. The first kappa shape index (κ1) is 18.1. The number of fused-ring (bicyclic) bond motifs is 1. The van der Waals surface area contributed by atoms with Gasteiger partial charge < -0.3 is 5.32 Å². The molecule has 3 aromatic carbocycles. The molecule has 1 aliphatic heterocycles. The highest BCUT2D eigenvalue weighted by atomic mass is 14.9. The van der Waals surface area contributed by atoms with Gasteiger partial charge in [-0.3, -0.25) is 0 Å². The van der Waals surface area contributed by atoms with E-state index in [1.807, 2.05) is 6.92 Å². The van der Waals surface area contributed by atoms with Crippen LogP contribution in [0.15, 0.2) is 97.1 Å². The quantitative estimate of drug-likeness (QED) is 0.499. The highest BCUT2D eigenvalue weighted by Crippen LogP contribution is 2.39. The molecule has 0 fully saturated rings. The van der Waals surface area contributed by atoms with Gasteiger partial charge in [0.15, 0.2) is 0 Å². The second-order valence-corrected chi connectivity index (χ2v) is 7.30. The van der Waals surface area contributed by atoms with Gasteiger partial charge in [0.2, 0.25) is 0 Å². The summed E-state index contributed by atoms with van der Waals surface area (Å²) in [7, 11) is 0. The lowest BCUT2D eigenvalue weighted by molar-refractivity contribution is 1.25. The van der Waals surface area contributed by atoms with E-state index in [-0.39, 0.29) is 0 Å². The van der Waals surface area contributed by atoms with Crippen LogP contribution in [0.4, 0.5) is 5.69 Å². The summed E-state index contributed by atoms with van der Waals surface area (Å²) in [6.07, 6.45) is 4.46. The number of allylic oxidation sites excluding steroid dienone is 2. The van der Waals surface area contributed by atoms with E-state index in [4.69, 9.17) is 0 Å². The molecule has 1 heterocycles. The Balaban J connectivity index is 1.85. The number of hydrogen-bond donors (Lipinski definition) is 1. The molecule has 0 atom stereocenters.